The molecule has 4 rings (SSSR count). The number of nitriles is 1. The van der Waals surface area contributed by atoms with Crippen LogP contribution in [0.3, 0.4) is 0 Å². The van der Waals surface area contributed by atoms with Crippen molar-refractivity contribution in [3.05, 3.63) is 77.7 Å². The van der Waals surface area contributed by atoms with Crippen LogP contribution in [0.15, 0.2) is 66.1 Å². The van der Waals surface area contributed by atoms with Gasteiger partial charge in [0.25, 0.3) is 10.0 Å². The van der Waals surface area contributed by atoms with Crippen molar-refractivity contribution in [3.8, 4) is 6.07 Å². The maximum absolute atomic E-state index is 13.2. The Labute approximate surface area is 176 Å². The van der Waals surface area contributed by atoms with E-state index in [4.69, 9.17) is 0 Å². The number of aryl methyl sites for hydroxylation is 1. The molecule has 7 nitrogen and oxygen atoms in total. The fraction of sp³-hybridized carbons (Fsp3) is 0.273. The number of benzene rings is 2. The van der Waals surface area contributed by atoms with Crippen molar-refractivity contribution >= 4 is 15.7 Å². The Morgan fingerprint density at radius 1 is 1.13 bits per heavy atom. The second-order valence-electron chi connectivity index (χ2n) is 7.56. The lowest BCUT2D eigenvalue weighted by molar-refractivity contribution is 0.468. The van der Waals surface area contributed by atoms with Gasteiger partial charge in [0.05, 0.1) is 18.0 Å². The van der Waals surface area contributed by atoms with Crippen molar-refractivity contribution in [2.24, 2.45) is 7.05 Å². The standard InChI is InChI=1S/C22H23N5O2S/c1-16-18(11-23)9-6-10-20(16)25-21-13-27(12-19(21)17-7-4-3-5-8-17)30(28,29)22-14-26(2)15-24-22/h3-10,14-15,19,21,25H,12-13H2,1-2H3/t19-,21+/m0/s1. The van der Waals surface area contributed by atoms with E-state index in [0.717, 1.165) is 16.8 Å². The molecule has 1 saturated heterocycles. The lowest BCUT2D eigenvalue weighted by atomic mass is 9.94. The first-order valence-electron chi connectivity index (χ1n) is 9.69. The number of sulfonamides is 1. The zero-order chi connectivity index (χ0) is 21.3. The van der Waals surface area contributed by atoms with Crippen LogP contribution < -0.4 is 5.32 Å². The number of anilines is 1. The first-order valence-corrected chi connectivity index (χ1v) is 11.1. The topological polar surface area (TPSA) is 91.0 Å². The van der Waals surface area contributed by atoms with Crippen LogP contribution in [0.1, 0.15) is 22.6 Å². The summed E-state index contributed by atoms with van der Waals surface area (Å²) in [5.74, 6) is -0.0326. The predicted molar refractivity (Wildman–Crippen MR) is 114 cm³/mol. The van der Waals surface area contributed by atoms with E-state index in [1.165, 1.54) is 16.8 Å². The SMILES string of the molecule is Cc1c(C#N)cccc1N[C@@H]1CN(S(=O)(=O)c2cn(C)cn2)C[C@H]1c1ccccc1. The zero-order valence-corrected chi connectivity index (χ0v) is 17.7. The summed E-state index contributed by atoms with van der Waals surface area (Å²) in [6.45, 7) is 2.57. The zero-order valence-electron chi connectivity index (χ0n) is 16.9. The summed E-state index contributed by atoms with van der Waals surface area (Å²) in [6.07, 6.45) is 3.01. The smallest absolute Gasteiger partial charge is 0.262 e. The van der Waals surface area contributed by atoms with Crippen LogP contribution >= 0.6 is 0 Å². The summed E-state index contributed by atoms with van der Waals surface area (Å²) in [5.41, 5.74) is 3.38. The molecular weight excluding hydrogens is 398 g/mol. The van der Waals surface area contributed by atoms with E-state index in [9.17, 15) is 13.7 Å². The minimum Gasteiger partial charge on any atom is -0.380 e. The number of imidazole rings is 1. The minimum atomic E-state index is -3.70. The molecule has 1 aromatic heterocycles. The largest absolute Gasteiger partial charge is 0.380 e. The van der Waals surface area contributed by atoms with E-state index in [2.05, 4.69) is 16.4 Å². The summed E-state index contributed by atoms with van der Waals surface area (Å²) in [4.78, 5) is 4.05. The van der Waals surface area contributed by atoms with E-state index < -0.39 is 10.0 Å². The molecule has 1 aliphatic rings. The third-order valence-corrected chi connectivity index (χ3v) is 7.31. The van der Waals surface area contributed by atoms with Crippen LogP contribution in [0, 0.1) is 18.3 Å². The van der Waals surface area contributed by atoms with Crippen LogP contribution in [0.4, 0.5) is 5.69 Å². The van der Waals surface area contributed by atoms with E-state index >= 15 is 0 Å². The average Bonchev–Trinajstić information content (AvgIpc) is 3.37. The van der Waals surface area contributed by atoms with Gasteiger partial charge in [0.1, 0.15) is 0 Å². The van der Waals surface area contributed by atoms with Gasteiger partial charge in [-0.05, 0) is 30.2 Å². The summed E-state index contributed by atoms with van der Waals surface area (Å²) in [5, 5.41) is 12.9. The van der Waals surface area contributed by atoms with Gasteiger partial charge in [-0.25, -0.2) is 13.4 Å². The van der Waals surface area contributed by atoms with E-state index in [0.29, 0.717) is 18.7 Å². The Bertz CT molecular complexity index is 1200. The molecule has 0 amide bonds. The molecule has 154 valence electrons. The summed E-state index contributed by atoms with van der Waals surface area (Å²) >= 11 is 0. The molecule has 1 N–H and O–H groups in total. The lowest BCUT2D eigenvalue weighted by Crippen LogP contribution is -2.32. The monoisotopic (exact) mass is 421 g/mol. The molecule has 30 heavy (non-hydrogen) atoms. The third kappa shape index (κ3) is 3.70. The quantitative estimate of drug-likeness (QED) is 0.684. The molecular formula is C22H23N5O2S. The highest BCUT2D eigenvalue weighted by Crippen LogP contribution is 2.34. The molecule has 0 unspecified atom stereocenters. The van der Waals surface area contributed by atoms with Gasteiger partial charge in [-0.1, -0.05) is 36.4 Å². The van der Waals surface area contributed by atoms with Crippen LogP contribution in [0.2, 0.25) is 0 Å². The van der Waals surface area contributed by atoms with Crippen LogP contribution in [-0.4, -0.2) is 41.4 Å². The Balaban J connectivity index is 1.68. The number of nitrogens with zero attached hydrogens (tertiary/aromatic N) is 4. The first kappa shape index (κ1) is 20.1. The molecule has 2 atom stereocenters. The minimum absolute atomic E-state index is 0.0326. The Hall–Kier alpha value is -3.15. The van der Waals surface area contributed by atoms with Crippen LogP contribution in [0.25, 0.3) is 0 Å². The number of nitrogens with one attached hydrogen (secondary N) is 1. The molecule has 0 spiro atoms. The van der Waals surface area contributed by atoms with Gasteiger partial charge in [-0.2, -0.15) is 9.57 Å². The molecule has 8 heteroatoms. The molecule has 2 heterocycles. The number of hydrogen-bond acceptors (Lipinski definition) is 5. The second kappa shape index (κ2) is 7.94. The lowest BCUT2D eigenvalue weighted by Gasteiger charge is -2.22. The molecule has 2 aromatic carbocycles. The molecule has 1 fully saturated rings. The highest BCUT2D eigenvalue weighted by Gasteiger charge is 2.41. The van der Waals surface area contributed by atoms with Gasteiger partial charge in [0.2, 0.25) is 0 Å². The second-order valence-corrected chi connectivity index (χ2v) is 9.44. The van der Waals surface area contributed by atoms with E-state index in [1.54, 1.807) is 17.7 Å². The van der Waals surface area contributed by atoms with Crippen molar-refractivity contribution < 1.29 is 8.42 Å². The summed E-state index contributed by atoms with van der Waals surface area (Å²) in [7, 11) is -1.95. The maximum atomic E-state index is 13.2. The molecule has 0 radical (unpaired) electrons. The van der Waals surface area contributed by atoms with Gasteiger partial charge in [0, 0.05) is 44.0 Å². The van der Waals surface area contributed by atoms with Gasteiger partial charge in [-0.3, -0.25) is 0 Å². The van der Waals surface area contributed by atoms with E-state index in [-0.39, 0.29) is 17.0 Å². The highest BCUT2D eigenvalue weighted by molar-refractivity contribution is 7.89. The highest BCUT2D eigenvalue weighted by atomic mass is 32.2. The molecule has 0 aliphatic carbocycles. The van der Waals surface area contributed by atoms with Crippen molar-refractivity contribution in [1.29, 1.82) is 5.26 Å². The Morgan fingerprint density at radius 2 is 1.90 bits per heavy atom. The normalized spacial score (nSPS) is 19.5. The number of hydrogen-bond donors (Lipinski definition) is 1. The first-order chi connectivity index (χ1) is 14.4. The van der Waals surface area contributed by atoms with Gasteiger partial charge in [0.15, 0.2) is 5.03 Å². The van der Waals surface area contributed by atoms with Gasteiger partial charge >= 0.3 is 0 Å². The fourth-order valence-electron chi connectivity index (χ4n) is 3.92. The Kier molecular flexibility index (Phi) is 5.33. The van der Waals surface area contributed by atoms with Crippen LogP contribution in [0.5, 0.6) is 0 Å². The third-order valence-electron chi connectivity index (χ3n) is 5.59. The van der Waals surface area contributed by atoms with Gasteiger partial charge < -0.3 is 9.88 Å². The predicted octanol–water partition coefficient (Wildman–Crippen LogP) is 2.87. The van der Waals surface area contributed by atoms with Gasteiger partial charge in [-0.15, -0.1) is 0 Å². The van der Waals surface area contributed by atoms with E-state index in [1.807, 2.05) is 49.4 Å². The number of aromatic nitrogens is 2. The van der Waals surface area contributed by atoms with Crippen molar-refractivity contribution in [2.75, 3.05) is 18.4 Å². The maximum Gasteiger partial charge on any atom is 0.262 e. The molecule has 3 aromatic rings. The summed E-state index contributed by atoms with van der Waals surface area (Å²) in [6, 6.07) is 17.5. The average molecular weight is 422 g/mol. The van der Waals surface area contributed by atoms with Crippen molar-refractivity contribution in [2.45, 2.75) is 23.9 Å². The molecule has 0 bridgehead atoms. The fourth-order valence-corrected chi connectivity index (χ4v) is 5.37. The number of rotatable bonds is 5. The van der Waals surface area contributed by atoms with Crippen LogP contribution in [-0.2, 0) is 17.1 Å². The summed E-state index contributed by atoms with van der Waals surface area (Å²) < 4.78 is 29.5. The van der Waals surface area contributed by atoms with Crippen molar-refractivity contribution in [1.82, 2.24) is 13.9 Å². The molecule has 1 aliphatic heterocycles. The van der Waals surface area contributed by atoms with Crippen molar-refractivity contribution in [3.63, 3.8) is 0 Å². The Morgan fingerprint density at radius 3 is 2.57 bits per heavy atom. The molecule has 0 saturated carbocycles.